The maximum atomic E-state index is 12.5. The Hall–Kier alpha value is -2.39. The average Bonchev–Trinajstić information content (AvgIpc) is 3.14. The van der Waals surface area contributed by atoms with Gasteiger partial charge in [0.05, 0.1) is 10.6 Å². The molecule has 0 fully saturated rings. The Balaban J connectivity index is 1.90. The summed E-state index contributed by atoms with van der Waals surface area (Å²) >= 11 is 0. The molecular formula is C20H31N5O3S. The molecule has 160 valence electrons. The molecular weight excluding hydrogens is 390 g/mol. The molecule has 0 bridgehead atoms. The minimum absolute atomic E-state index is 0.236. The van der Waals surface area contributed by atoms with Crippen LogP contribution in [0.4, 0.5) is 0 Å². The fourth-order valence-corrected chi connectivity index (χ4v) is 3.97. The third kappa shape index (κ3) is 6.86. The molecule has 0 unspecified atom stereocenters. The largest absolute Gasteiger partial charge is 0.359 e. The summed E-state index contributed by atoms with van der Waals surface area (Å²) in [4.78, 5) is 4.77. The van der Waals surface area contributed by atoms with Crippen LogP contribution in [0, 0.1) is 13.8 Å². The van der Waals surface area contributed by atoms with E-state index in [1.807, 2.05) is 32.0 Å². The van der Waals surface area contributed by atoms with E-state index in [0.29, 0.717) is 42.2 Å². The normalized spacial score (nSPS) is 12.4. The number of nitrogens with one attached hydrogen (secondary N) is 3. The maximum absolute atomic E-state index is 12.5. The number of benzene rings is 1. The first-order valence-electron chi connectivity index (χ1n) is 9.77. The van der Waals surface area contributed by atoms with Crippen LogP contribution in [-0.4, -0.2) is 39.2 Å². The molecule has 0 spiro atoms. The van der Waals surface area contributed by atoms with E-state index in [1.165, 1.54) is 0 Å². The molecule has 1 aromatic carbocycles. The van der Waals surface area contributed by atoms with Crippen molar-refractivity contribution in [1.82, 2.24) is 20.5 Å². The Morgan fingerprint density at radius 3 is 2.59 bits per heavy atom. The second kappa shape index (κ2) is 10.4. The summed E-state index contributed by atoms with van der Waals surface area (Å²) in [6.07, 6.45) is 0. The first-order chi connectivity index (χ1) is 13.7. The molecule has 0 saturated heterocycles. The van der Waals surface area contributed by atoms with Crippen molar-refractivity contribution >= 4 is 16.0 Å². The van der Waals surface area contributed by atoms with Gasteiger partial charge in [0.25, 0.3) is 0 Å². The van der Waals surface area contributed by atoms with Gasteiger partial charge in [0.1, 0.15) is 6.54 Å². The molecule has 1 aromatic heterocycles. The van der Waals surface area contributed by atoms with Crippen molar-refractivity contribution in [2.24, 2.45) is 4.99 Å². The van der Waals surface area contributed by atoms with Crippen molar-refractivity contribution in [3.8, 4) is 0 Å². The third-order valence-electron chi connectivity index (χ3n) is 4.25. The Morgan fingerprint density at radius 1 is 1.17 bits per heavy atom. The second-order valence-electron chi connectivity index (χ2n) is 7.16. The molecule has 8 nitrogen and oxygen atoms in total. The lowest BCUT2D eigenvalue weighted by atomic mass is 10.1. The Bertz CT molecular complexity index is 935. The lowest BCUT2D eigenvalue weighted by molar-refractivity contribution is 0.376. The zero-order chi connectivity index (χ0) is 21.4. The van der Waals surface area contributed by atoms with Gasteiger partial charge in [0, 0.05) is 25.7 Å². The van der Waals surface area contributed by atoms with Crippen LogP contribution in [0.2, 0.25) is 0 Å². The number of hydrogen-bond acceptors (Lipinski definition) is 5. The van der Waals surface area contributed by atoms with Gasteiger partial charge in [-0.05, 0) is 43.9 Å². The smallest absolute Gasteiger partial charge is 0.240 e. The molecule has 2 rings (SSSR count). The molecule has 0 atom stereocenters. The molecule has 9 heteroatoms. The predicted octanol–water partition coefficient (Wildman–Crippen LogP) is 2.45. The molecule has 3 N–H and O–H groups in total. The molecule has 0 aliphatic carbocycles. The minimum atomic E-state index is -3.56. The van der Waals surface area contributed by atoms with Crippen LogP contribution >= 0.6 is 0 Å². The van der Waals surface area contributed by atoms with Crippen LogP contribution < -0.4 is 15.4 Å². The van der Waals surface area contributed by atoms with E-state index in [4.69, 9.17) is 4.52 Å². The van der Waals surface area contributed by atoms with Crippen LogP contribution in [-0.2, 0) is 16.6 Å². The first kappa shape index (κ1) is 22.9. The molecule has 0 radical (unpaired) electrons. The van der Waals surface area contributed by atoms with Gasteiger partial charge < -0.3 is 15.2 Å². The van der Waals surface area contributed by atoms with E-state index in [2.05, 4.69) is 39.4 Å². The van der Waals surface area contributed by atoms with Gasteiger partial charge >= 0.3 is 0 Å². The van der Waals surface area contributed by atoms with Gasteiger partial charge in [-0.25, -0.2) is 18.1 Å². The number of rotatable bonds is 9. The summed E-state index contributed by atoms with van der Waals surface area (Å²) in [6.45, 7) is 11.4. The van der Waals surface area contributed by atoms with E-state index in [1.54, 1.807) is 13.0 Å². The number of nitrogens with zero attached hydrogens (tertiary/aromatic N) is 2. The van der Waals surface area contributed by atoms with Crippen LogP contribution in [0.15, 0.2) is 38.7 Å². The molecule has 0 saturated carbocycles. The van der Waals surface area contributed by atoms with E-state index < -0.39 is 10.0 Å². The van der Waals surface area contributed by atoms with Crippen molar-refractivity contribution < 1.29 is 12.9 Å². The molecule has 0 aliphatic rings. The Morgan fingerprint density at radius 2 is 1.93 bits per heavy atom. The standard InChI is InChI=1S/C20H31N5O3S/c1-6-21-20(23-13-17-12-18(14(2)3)25-28-17)22-9-10-24-29(26,27)19-11-15(4)7-8-16(19)5/h7-8,11-12,14,24H,6,9-10,13H2,1-5H3,(H2,21,22,23). The Kier molecular flexibility index (Phi) is 8.21. The Labute approximate surface area is 173 Å². The van der Waals surface area contributed by atoms with Gasteiger partial charge in [0.15, 0.2) is 11.7 Å². The summed E-state index contributed by atoms with van der Waals surface area (Å²) in [5.41, 5.74) is 2.52. The zero-order valence-corrected chi connectivity index (χ0v) is 18.6. The monoisotopic (exact) mass is 421 g/mol. The minimum Gasteiger partial charge on any atom is -0.359 e. The summed E-state index contributed by atoms with van der Waals surface area (Å²) < 4.78 is 33.0. The van der Waals surface area contributed by atoms with Crippen LogP contribution in [0.25, 0.3) is 0 Å². The highest BCUT2D eigenvalue weighted by Gasteiger charge is 2.16. The summed E-state index contributed by atoms with van der Waals surface area (Å²) in [6, 6.07) is 7.29. The first-order valence-corrected chi connectivity index (χ1v) is 11.3. The van der Waals surface area contributed by atoms with Crippen molar-refractivity contribution in [3.63, 3.8) is 0 Å². The van der Waals surface area contributed by atoms with Crippen molar-refractivity contribution in [3.05, 3.63) is 46.8 Å². The lowest BCUT2D eigenvalue weighted by Crippen LogP contribution is -2.41. The van der Waals surface area contributed by atoms with Crippen molar-refractivity contribution in [2.75, 3.05) is 19.6 Å². The van der Waals surface area contributed by atoms with Crippen molar-refractivity contribution in [2.45, 2.75) is 52.0 Å². The average molecular weight is 422 g/mol. The molecule has 2 aromatic rings. The predicted molar refractivity (Wildman–Crippen MR) is 115 cm³/mol. The van der Waals surface area contributed by atoms with E-state index in [9.17, 15) is 8.42 Å². The van der Waals surface area contributed by atoms with Gasteiger partial charge in [-0.3, -0.25) is 0 Å². The molecule has 0 amide bonds. The highest BCUT2D eigenvalue weighted by atomic mass is 32.2. The molecule has 29 heavy (non-hydrogen) atoms. The fourth-order valence-electron chi connectivity index (χ4n) is 2.62. The van der Waals surface area contributed by atoms with Crippen LogP contribution in [0.1, 0.15) is 49.3 Å². The van der Waals surface area contributed by atoms with Gasteiger partial charge in [-0.15, -0.1) is 0 Å². The van der Waals surface area contributed by atoms with Gasteiger partial charge in [-0.1, -0.05) is 31.1 Å². The lowest BCUT2D eigenvalue weighted by Gasteiger charge is -2.13. The summed E-state index contributed by atoms with van der Waals surface area (Å²) in [7, 11) is -3.56. The van der Waals surface area contributed by atoms with E-state index in [0.717, 1.165) is 16.8 Å². The number of aromatic nitrogens is 1. The fraction of sp³-hybridized carbons (Fsp3) is 0.500. The third-order valence-corrected chi connectivity index (χ3v) is 5.85. The SMILES string of the molecule is CCNC(=NCc1cc(C(C)C)no1)NCCNS(=O)(=O)c1cc(C)ccc1C. The topological polar surface area (TPSA) is 109 Å². The van der Waals surface area contributed by atoms with Crippen LogP contribution in [0.3, 0.4) is 0 Å². The summed E-state index contributed by atoms with van der Waals surface area (Å²) in [5.74, 6) is 1.57. The number of hydrogen-bond donors (Lipinski definition) is 3. The number of aliphatic imine (C=N–C) groups is 1. The summed E-state index contributed by atoms with van der Waals surface area (Å²) in [5, 5.41) is 10.3. The number of sulfonamides is 1. The number of aryl methyl sites for hydroxylation is 2. The maximum Gasteiger partial charge on any atom is 0.240 e. The molecule has 0 aliphatic heterocycles. The van der Waals surface area contributed by atoms with E-state index in [-0.39, 0.29) is 6.54 Å². The highest BCUT2D eigenvalue weighted by molar-refractivity contribution is 7.89. The second-order valence-corrected chi connectivity index (χ2v) is 8.90. The van der Waals surface area contributed by atoms with Gasteiger partial charge in [-0.2, -0.15) is 0 Å². The van der Waals surface area contributed by atoms with Crippen LogP contribution in [0.5, 0.6) is 0 Å². The van der Waals surface area contributed by atoms with E-state index >= 15 is 0 Å². The van der Waals surface area contributed by atoms with Gasteiger partial charge in [0.2, 0.25) is 10.0 Å². The molecule has 1 heterocycles. The number of guanidine groups is 1. The highest BCUT2D eigenvalue weighted by Crippen LogP contribution is 2.16. The van der Waals surface area contributed by atoms with Crippen molar-refractivity contribution in [1.29, 1.82) is 0 Å². The zero-order valence-electron chi connectivity index (χ0n) is 17.7. The quantitative estimate of drug-likeness (QED) is 0.326.